The van der Waals surface area contributed by atoms with Crippen molar-refractivity contribution in [2.24, 2.45) is 0 Å². The van der Waals surface area contributed by atoms with Gasteiger partial charge in [0.15, 0.2) is 0 Å². The Morgan fingerprint density at radius 1 is 0.672 bits per heavy atom. The summed E-state index contributed by atoms with van der Waals surface area (Å²) in [6, 6.07) is 35.9. The molecule has 1 N–H and O–H groups in total. The van der Waals surface area contributed by atoms with E-state index in [-0.39, 0.29) is 29.8 Å². The molecule has 58 heavy (non-hydrogen) atoms. The second-order valence-corrected chi connectivity index (χ2v) is 17.4. The van der Waals surface area contributed by atoms with Gasteiger partial charge in [0.05, 0.1) is 28.3 Å². The number of rotatable bonds is 14. The Balaban J connectivity index is 0.911. The number of aromatic nitrogens is 2. The van der Waals surface area contributed by atoms with Crippen LogP contribution < -0.4 is 5.32 Å². The van der Waals surface area contributed by atoms with Crippen molar-refractivity contribution in [3.05, 3.63) is 143 Å². The fourth-order valence-corrected chi connectivity index (χ4v) is 10.3. The highest BCUT2D eigenvalue weighted by Crippen LogP contribution is 2.40. The molecule has 2 fully saturated rings. The van der Waals surface area contributed by atoms with Crippen molar-refractivity contribution in [1.29, 1.82) is 0 Å². The molecule has 3 amide bonds. The van der Waals surface area contributed by atoms with E-state index in [4.69, 9.17) is 9.97 Å². The Kier molecular flexibility index (Phi) is 12.5. The first-order chi connectivity index (χ1) is 28.4. The molecule has 296 valence electrons. The zero-order valence-electron chi connectivity index (χ0n) is 32.9. The summed E-state index contributed by atoms with van der Waals surface area (Å²) in [7, 11) is 0. The summed E-state index contributed by atoms with van der Waals surface area (Å²) in [5.74, 6) is 0.00108. The van der Waals surface area contributed by atoms with E-state index in [0.717, 1.165) is 105 Å². The molecular weight excluding hydrogens is 759 g/mol. The summed E-state index contributed by atoms with van der Waals surface area (Å²) >= 11 is 3.32. The predicted molar refractivity (Wildman–Crippen MR) is 233 cm³/mol. The molecule has 6 aromatic rings. The van der Waals surface area contributed by atoms with E-state index in [2.05, 4.69) is 60.8 Å². The van der Waals surface area contributed by atoms with Crippen molar-refractivity contribution in [2.75, 3.05) is 13.1 Å². The molecule has 0 radical (unpaired) electrons. The van der Waals surface area contributed by atoms with Gasteiger partial charge in [-0.2, -0.15) is 0 Å². The van der Waals surface area contributed by atoms with Gasteiger partial charge in [-0.1, -0.05) is 129 Å². The summed E-state index contributed by atoms with van der Waals surface area (Å²) < 4.78 is 0. The number of hydrogen-bond donors (Lipinski definition) is 1. The van der Waals surface area contributed by atoms with E-state index >= 15 is 0 Å². The monoisotopic (exact) mass is 807 g/mol. The number of carbonyl (C=O) groups is 3. The molecule has 10 heteroatoms. The summed E-state index contributed by atoms with van der Waals surface area (Å²) in [5.41, 5.74) is 6.30. The van der Waals surface area contributed by atoms with Crippen LogP contribution in [0.2, 0.25) is 0 Å². The van der Waals surface area contributed by atoms with Gasteiger partial charge in [0, 0.05) is 31.9 Å². The number of carbonyl (C=O) groups excluding carboxylic acids is 3. The molecule has 8 rings (SSSR count). The summed E-state index contributed by atoms with van der Waals surface area (Å²) in [4.78, 5) is 56.1. The van der Waals surface area contributed by atoms with Crippen molar-refractivity contribution in [2.45, 2.75) is 82.8 Å². The quantitative estimate of drug-likeness (QED) is 0.111. The number of likely N-dealkylation sites (tertiary alicyclic amines) is 2. The summed E-state index contributed by atoms with van der Waals surface area (Å²) in [6.45, 7) is 3.53. The molecule has 2 saturated heterocycles. The summed E-state index contributed by atoms with van der Waals surface area (Å²) in [5, 5.41) is 4.99. The van der Waals surface area contributed by atoms with E-state index in [1.54, 1.807) is 22.7 Å². The Morgan fingerprint density at radius 2 is 1.19 bits per heavy atom. The maximum absolute atomic E-state index is 14.2. The molecule has 8 nitrogen and oxygen atoms in total. The van der Waals surface area contributed by atoms with Crippen LogP contribution in [0.15, 0.2) is 122 Å². The largest absolute Gasteiger partial charge is 0.341 e. The SMILES string of the molecule is CCCCCC(=O)N[C@@H](C(=O)N1CCC[C@H]1c1ncc(-c2ccc(-c3ccc(-c4cnc([C@@H]5CCCN5C(=O)Cc5ccccc5)s4)cc3)cc2)s1)c1ccccc1. The number of unbranched alkanes of at least 4 members (excludes halogenated alkanes) is 2. The van der Waals surface area contributed by atoms with Gasteiger partial charge >= 0.3 is 0 Å². The van der Waals surface area contributed by atoms with Gasteiger partial charge in [-0.15, -0.1) is 22.7 Å². The van der Waals surface area contributed by atoms with Gasteiger partial charge in [0.1, 0.15) is 16.1 Å². The van der Waals surface area contributed by atoms with Crippen LogP contribution in [0.3, 0.4) is 0 Å². The molecule has 0 saturated carbocycles. The third-order valence-corrected chi connectivity index (χ3v) is 13.6. The van der Waals surface area contributed by atoms with Gasteiger partial charge in [0.25, 0.3) is 0 Å². The van der Waals surface area contributed by atoms with Crippen molar-refractivity contribution in [3.8, 4) is 32.0 Å². The van der Waals surface area contributed by atoms with E-state index in [0.29, 0.717) is 19.4 Å². The summed E-state index contributed by atoms with van der Waals surface area (Å²) in [6.07, 6.45) is 11.2. The molecule has 0 bridgehead atoms. The molecule has 2 aromatic heterocycles. The number of nitrogens with one attached hydrogen (secondary N) is 1. The van der Waals surface area contributed by atoms with E-state index in [1.807, 2.05) is 82.9 Å². The van der Waals surface area contributed by atoms with Gasteiger partial charge < -0.3 is 15.1 Å². The lowest BCUT2D eigenvalue weighted by molar-refractivity contribution is -0.137. The van der Waals surface area contributed by atoms with Crippen LogP contribution in [0.1, 0.15) is 97.6 Å². The lowest BCUT2D eigenvalue weighted by atomic mass is 10.0. The Morgan fingerprint density at radius 3 is 1.76 bits per heavy atom. The van der Waals surface area contributed by atoms with Crippen LogP contribution in [0.5, 0.6) is 0 Å². The zero-order chi connectivity index (χ0) is 39.8. The van der Waals surface area contributed by atoms with Crippen molar-refractivity contribution < 1.29 is 14.4 Å². The molecule has 2 aliphatic heterocycles. The van der Waals surface area contributed by atoms with Crippen LogP contribution in [0.4, 0.5) is 0 Å². The van der Waals surface area contributed by atoms with Gasteiger partial charge in [-0.05, 0) is 65.5 Å². The molecule has 0 unspecified atom stereocenters. The minimum atomic E-state index is -0.721. The van der Waals surface area contributed by atoms with Crippen molar-refractivity contribution >= 4 is 40.4 Å². The molecule has 2 aliphatic rings. The average molecular weight is 808 g/mol. The molecule has 0 aliphatic carbocycles. The molecular formula is C48H49N5O3S2. The standard InChI is InChI=1S/C48H49N5O3S2/c1-2-3-6-19-43(54)51-45(38-15-9-5-10-16-38)48(56)53-29-12-18-40(53)47-50-32-42(58-47)37-26-22-35(23-27-37)34-20-24-36(25-21-34)41-31-49-46(57-41)39-17-11-28-52(39)44(55)30-33-13-7-4-8-14-33/h4-5,7-10,13-16,20-27,31-32,39-40,45H,2-3,6,11-12,17-19,28-30H2,1H3,(H,51,54)/t39-,40-,45+/m0/s1. The number of thiazole rings is 2. The fourth-order valence-electron chi connectivity index (χ4n) is 8.15. The average Bonchev–Trinajstić information content (AvgIpc) is 4.11. The Labute approximate surface area is 349 Å². The lowest BCUT2D eigenvalue weighted by Gasteiger charge is -2.28. The minimum absolute atomic E-state index is 0.0353. The first-order valence-corrected chi connectivity index (χ1v) is 22.2. The second kappa shape index (κ2) is 18.4. The first kappa shape index (κ1) is 39.4. The predicted octanol–water partition coefficient (Wildman–Crippen LogP) is 10.6. The maximum atomic E-state index is 14.2. The number of benzene rings is 4. The van der Waals surface area contributed by atoms with Crippen LogP contribution in [-0.4, -0.2) is 50.6 Å². The van der Waals surface area contributed by atoms with Crippen molar-refractivity contribution in [3.63, 3.8) is 0 Å². The van der Waals surface area contributed by atoms with Gasteiger partial charge in [-0.25, -0.2) is 9.97 Å². The first-order valence-electron chi connectivity index (χ1n) is 20.6. The van der Waals surface area contributed by atoms with Crippen molar-refractivity contribution in [1.82, 2.24) is 25.1 Å². The van der Waals surface area contributed by atoms with E-state index in [9.17, 15) is 14.4 Å². The highest BCUT2D eigenvalue weighted by atomic mass is 32.1. The van der Waals surface area contributed by atoms with Crippen LogP contribution in [0, 0.1) is 0 Å². The van der Waals surface area contributed by atoms with Crippen LogP contribution in [-0.2, 0) is 20.8 Å². The molecule has 4 heterocycles. The third kappa shape index (κ3) is 8.98. The van der Waals surface area contributed by atoms with Crippen LogP contribution >= 0.6 is 22.7 Å². The highest BCUT2D eigenvalue weighted by Gasteiger charge is 2.37. The smallest absolute Gasteiger partial charge is 0.250 e. The molecule has 4 aromatic carbocycles. The van der Waals surface area contributed by atoms with E-state index < -0.39 is 6.04 Å². The maximum Gasteiger partial charge on any atom is 0.250 e. The van der Waals surface area contributed by atoms with Gasteiger partial charge in [0.2, 0.25) is 17.7 Å². The van der Waals surface area contributed by atoms with Crippen LogP contribution in [0.25, 0.3) is 32.0 Å². The Hall–Kier alpha value is -5.45. The third-order valence-electron chi connectivity index (χ3n) is 11.3. The minimum Gasteiger partial charge on any atom is -0.341 e. The highest BCUT2D eigenvalue weighted by molar-refractivity contribution is 7.15. The number of amides is 3. The fraction of sp³-hybridized carbons (Fsp3) is 0.312. The molecule has 3 atom stereocenters. The zero-order valence-corrected chi connectivity index (χ0v) is 34.5. The molecule has 0 spiro atoms. The topological polar surface area (TPSA) is 95.5 Å². The van der Waals surface area contributed by atoms with Gasteiger partial charge in [-0.3, -0.25) is 14.4 Å². The Bertz CT molecular complexity index is 2310. The van der Waals surface area contributed by atoms with E-state index in [1.165, 1.54) is 0 Å². The number of nitrogens with zero attached hydrogens (tertiary/aromatic N) is 4. The second-order valence-electron chi connectivity index (χ2n) is 15.2. The lowest BCUT2D eigenvalue weighted by Crippen LogP contribution is -2.42. The number of hydrogen-bond acceptors (Lipinski definition) is 7. The normalized spacial score (nSPS) is 17.1.